The van der Waals surface area contributed by atoms with Crippen LogP contribution in [0.15, 0.2) is 18.2 Å². The zero-order chi connectivity index (χ0) is 12.3. The summed E-state index contributed by atoms with van der Waals surface area (Å²) in [7, 11) is 1.61. The van der Waals surface area contributed by atoms with Gasteiger partial charge in [-0.1, -0.05) is 11.6 Å². The van der Waals surface area contributed by atoms with E-state index in [9.17, 15) is 0 Å². The van der Waals surface area contributed by atoms with Crippen LogP contribution in [-0.4, -0.2) is 20.2 Å². The van der Waals surface area contributed by atoms with E-state index in [-0.39, 0.29) is 5.92 Å². The van der Waals surface area contributed by atoms with Gasteiger partial charge < -0.3 is 9.64 Å². The normalized spacial score (nSPS) is 16.6. The predicted octanol–water partition coefficient (Wildman–Crippen LogP) is 3.09. The maximum atomic E-state index is 8.85. The maximum absolute atomic E-state index is 8.85. The summed E-state index contributed by atoms with van der Waals surface area (Å²) in [5.41, 5.74) is 1.10. The van der Waals surface area contributed by atoms with E-state index in [4.69, 9.17) is 21.6 Å². The fourth-order valence-corrected chi connectivity index (χ4v) is 2.37. The first-order valence-corrected chi connectivity index (χ1v) is 6.10. The van der Waals surface area contributed by atoms with Crippen molar-refractivity contribution >= 4 is 17.3 Å². The Morgan fingerprint density at radius 1 is 1.41 bits per heavy atom. The highest BCUT2D eigenvalue weighted by Gasteiger charge is 2.19. The molecule has 0 aliphatic carbocycles. The Morgan fingerprint density at radius 2 is 2.12 bits per heavy atom. The van der Waals surface area contributed by atoms with Crippen LogP contribution in [0.5, 0.6) is 5.75 Å². The Bertz CT molecular complexity index is 434. The van der Waals surface area contributed by atoms with Crippen LogP contribution < -0.4 is 9.64 Å². The number of hydrogen-bond acceptors (Lipinski definition) is 3. The minimum Gasteiger partial charge on any atom is -0.495 e. The molecule has 90 valence electrons. The zero-order valence-electron chi connectivity index (χ0n) is 9.82. The second-order valence-electron chi connectivity index (χ2n) is 4.21. The van der Waals surface area contributed by atoms with E-state index in [1.807, 2.05) is 18.2 Å². The van der Waals surface area contributed by atoms with Crippen LogP contribution in [-0.2, 0) is 0 Å². The molecule has 1 heterocycles. The van der Waals surface area contributed by atoms with Crippen LogP contribution >= 0.6 is 11.6 Å². The van der Waals surface area contributed by atoms with Crippen molar-refractivity contribution in [2.75, 3.05) is 25.1 Å². The minimum absolute atomic E-state index is 0.208. The molecule has 0 amide bonds. The van der Waals surface area contributed by atoms with E-state index in [0.29, 0.717) is 10.8 Å². The molecule has 0 saturated carbocycles. The third-order valence-electron chi connectivity index (χ3n) is 3.18. The van der Waals surface area contributed by atoms with Gasteiger partial charge in [-0.25, -0.2) is 0 Å². The number of rotatable bonds is 2. The van der Waals surface area contributed by atoms with E-state index >= 15 is 0 Å². The number of nitrogens with zero attached hydrogens (tertiary/aromatic N) is 2. The van der Waals surface area contributed by atoms with E-state index in [1.165, 1.54) is 0 Å². The first-order chi connectivity index (χ1) is 8.24. The van der Waals surface area contributed by atoms with Gasteiger partial charge in [-0.15, -0.1) is 0 Å². The first-order valence-electron chi connectivity index (χ1n) is 5.72. The minimum atomic E-state index is 0.208. The maximum Gasteiger partial charge on any atom is 0.137 e. The quantitative estimate of drug-likeness (QED) is 0.809. The molecule has 3 nitrogen and oxygen atoms in total. The lowest BCUT2D eigenvalue weighted by atomic mass is 9.98. The van der Waals surface area contributed by atoms with Crippen LogP contribution in [0.3, 0.4) is 0 Å². The molecule has 17 heavy (non-hydrogen) atoms. The molecule has 0 N–H and O–H groups in total. The van der Waals surface area contributed by atoms with Crippen molar-refractivity contribution in [3.05, 3.63) is 23.2 Å². The summed E-state index contributed by atoms with van der Waals surface area (Å²) in [6.07, 6.45) is 1.86. The third kappa shape index (κ3) is 2.65. The monoisotopic (exact) mass is 250 g/mol. The molecule has 1 aromatic rings. The lowest BCUT2D eigenvalue weighted by molar-refractivity contribution is 0.415. The average Bonchev–Trinajstić information content (AvgIpc) is 2.39. The van der Waals surface area contributed by atoms with Gasteiger partial charge in [0.15, 0.2) is 0 Å². The van der Waals surface area contributed by atoms with Gasteiger partial charge in [0, 0.05) is 24.7 Å². The summed E-state index contributed by atoms with van der Waals surface area (Å²) in [5.74, 6) is 0.905. The highest BCUT2D eigenvalue weighted by atomic mass is 35.5. The number of methoxy groups -OCH3 is 1. The SMILES string of the molecule is COc1ccc(N2CCC(C#N)CC2)cc1Cl. The molecule has 0 bridgehead atoms. The number of piperidine rings is 1. The molecule has 0 atom stereocenters. The molecule has 4 heteroatoms. The smallest absolute Gasteiger partial charge is 0.137 e. The molecule has 1 fully saturated rings. The Balaban J connectivity index is 2.09. The molecular formula is C13H15ClN2O. The second-order valence-corrected chi connectivity index (χ2v) is 4.62. The molecule has 1 aliphatic heterocycles. The van der Waals surface area contributed by atoms with E-state index < -0.39 is 0 Å². The fraction of sp³-hybridized carbons (Fsp3) is 0.462. The molecule has 1 aliphatic rings. The number of ether oxygens (including phenoxy) is 1. The van der Waals surface area contributed by atoms with Crippen LogP contribution in [0.2, 0.25) is 5.02 Å². The number of halogens is 1. The highest BCUT2D eigenvalue weighted by Crippen LogP contribution is 2.31. The van der Waals surface area contributed by atoms with Gasteiger partial charge in [-0.2, -0.15) is 5.26 Å². The van der Waals surface area contributed by atoms with Crippen LogP contribution in [0.1, 0.15) is 12.8 Å². The van der Waals surface area contributed by atoms with Crippen molar-refractivity contribution in [2.45, 2.75) is 12.8 Å². The lowest BCUT2D eigenvalue weighted by Gasteiger charge is -2.31. The summed E-state index contributed by atoms with van der Waals surface area (Å²) >= 11 is 6.10. The van der Waals surface area contributed by atoms with Gasteiger partial charge in [0.25, 0.3) is 0 Å². The van der Waals surface area contributed by atoms with Crippen LogP contribution in [0, 0.1) is 17.2 Å². The molecule has 0 unspecified atom stereocenters. The molecule has 1 saturated heterocycles. The van der Waals surface area contributed by atoms with Gasteiger partial charge in [0.1, 0.15) is 5.75 Å². The second kappa shape index (κ2) is 5.29. The van der Waals surface area contributed by atoms with Crippen molar-refractivity contribution < 1.29 is 4.74 Å². The van der Waals surface area contributed by atoms with E-state index in [2.05, 4.69) is 11.0 Å². The Kier molecular flexibility index (Phi) is 3.75. The summed E-state index contributed by atoms with van der Waals surface area (Å²) in [6, 6.07) is 8.15. The van der Waals surface area contributed by atoms with E-state index in [0.717, 1.165) is 31.6 Å². The average molecular weight is 251 g/mol. The topological polar surface area (TPSA) is 36.3 Å². The Morgan fingerprint density at radius 3 is 2.65 bits per heavy atom. The largest absolute Gasteiger partial charge is 0.495 e. The van der Waals surface area contributed by atoms with Gasteiger partial charge in [-0.05, 0) is 31.0 Å². The molecule has 1 aromatic carbocycles. The van der Waals surface area contributed by atoms with Crippen LogP contribution in [0.4, 0.5) is 5.69 Å². The van der Waals surface area contributed by atoms with Crippen molar-refractivity contribution in [3.8, 4) is 11.8 Å². The van der Waals surface area contributed by atoms with Crippen LogP contribution in [0.25, 0.3) is 0 Å². The fourth-order valence-electron chi connectivity index (χ4n) is 2.12. The van der Waals surface area contributed by atoms with Gasteiger partial charge in [-0.3, -0.25) is 0 Å². The molecule has 0 radical (unpaired) electrons. The zero-order valence-corrected chi connectivity index (χ0v) is 10.6. The van der Waals surface area contributed by atoms with Gasteiger partial charge >= 0.3 is 0 Å². The number of anilines is 1. The molecular weight excluding hydrogens is 236 g/mol. The van der Waals surface area contributed by atoms with Crippen molar-refractivity contribution in [2.24, 2.45) is 5.92 Å². The Labute approximate surface area is 107 Å². The third-order valence-corrected chi connectivity index (χ3v) is 3.47. The molecule has 0 spiro atoms. The number of hydrogen-bond donors (Lipinski definition) is 0. The predicted molar refractivity (Wildman–Crippen MR) is 68.6 cm³/mol. The first kappa shape index (κ1) is 12.1. The van der Waals surface area contributed by atoms with Crippen molar-refractivity contribution in [1.29, 1.82) is 5.26 Å². The van der Waals surface area contributed by atoms with Crippen molar-refractivity contribution in [1.82, 2.24) is 0 Å². The summed E-state index contributed by atoms with van der Waals surface area (Å²) in [4.78, 5) is 2.26. The van der Waals surface area contributed by atoms with Gasteiger partial charge in [0.2, 0.25) is 0 Å². The lowest BCUT2D eigenvalue weighted by Crippen LogP contribution is -2.33. The Hall–Kier alpha value is -1.40. The summed E-state index contributed by atoms with van der Waals surface area (Å²) in [6.45, 7) is 1.84. The molecule has 2 rings (SSSR count). The highest BCUT2D eigenvalue weighted by molar-refractivity contribution is 6.32. The molecule has 0 aromatic heterocycles. The van der Waals surface area contributed by atoms with Crippen molar-refractivity contribution in [3.63, 3.8) is 0 Å². The summed E-state index contributed by atoms with van der Waals surface area (Å²) in [5, 5.41) is 9.49. The number of benzene rings is 1. The number of nitriles is 1. The summed E-state index contributed by atoms with van der Waals surface area (Å²) < 4.78 is 5.13. The standard InChI is InChI=1S/C13H15ClN2O/c1-17-13-3-2-11(8-12(13)14)16-6-4-10(9-15)5-7-16/h2-3,8,10H,4-7H2,1H3. The van der Waals surface area contributed by atoms with E-state index in [1.54, 1.807) is 7.11 Å². The van der Waals surface area contributed by atoms with Gasteiger partial charge in [0.05, 0.1) is 18.2 Å².